The van der Waals surface area contributed by atoms with E-state index in [2.05, 4.69) is 31.9 Å². The second kappa shape index (κ2) is 4.54. The van der Waals surface area contributed by atoms with Crippen molar-refractivity contribution < 1.29 is 23.8 Å². The number of benzene rings is 1. The first-order valence-electron chi connectivity index (χ1n) is 6.50. The highest BCUT2D eigenvalue weighted by atomic mass is 79.9. The fourth-order valence-corrected chi connectivity index (χ4v) is 4.91. The third-order valence-corrected chi connectivity index (χ3v) is 7.16. The largest absolute Gasteiger partial charge is 0.460 e. The van der Waals surface area contributed by atoms with Gasteiger partial charge in [0.25, 0.3) is 0 Å². The van der Waals surface area contributed by atoms with E-state index in [1.54, 1.807) is 12.1 Å². The Bertz CT molecular complexity index is 621. The molecule has 3 fully saturated rings. The number of carbonyl (C=O) groups is 2. The fourth-order valence-electron chi connectivity index (χ4n) is 3.32. The molecular formula is C14H10Br2O5. The standard InChI is InChI=1S/C14H10Br2O5/c15-9-10-7-8(13(18)19-12(7)17)14(21-10,11(9)16)20-6-4-2-1-3-5-6/h1-5,7-11H/t7-,8-,9-,10+,11-,14-/m1/s1. The van der Waals surface area contributed by atoms with Crippen LogP contribution in [0.15, 0.2) is 30.3 Å². The lowest BCUT2D eigenvalue weighted by molar-refractivity contribution is -0.179. The Hall–Kier alpha value is -0.920. The van der Waals surface area contributed by atoms with Crippen LogP contribution in [0.3, 0.4) is 0 Å². The number of hydrogen-bond acceptors (Lipinski definition) is 5. The van der Waals surface area contributed by atoms with Gasteiger partial charge < -0.3 is 14.2 Å². The first kappa shape index (κ1) is 13.7. The fraction of sp³-hybridized carbons (Fsp3) is 0.429. The van der Waals surface area contributed by atoms with Gasteiger partial charge in [0.2, 0.25) is 5.79 Å². The number of hydrogen-bond donors (Lipinski definition) is 0. The van der Waals surface area contributed by atoms with Crippen LogP contribution in [-0.2, 0) is 19.1 Å². The van der Waals surface area contributed by atoms with Crippen LogP contribution in [0, 0.1) is 11.8 Å². The predicted molar refractivity (Wildman–Crippen MR) is 78.2 cm³/mol. The van der Waals surface area contributed by atoms with E-state index in [9.17, 15) is 9.59 Å². The molecule has 2 bridgehead atoms. The lowest BCUT2D eigenvalue weighted by atomic mass is 9.78. The third kappa shape index (κ3) is 1.71. The van der Waals surface area contributed by atoms with Crippen molar-refractivity contribution in [2.75, 3.05) is 0 Å². The summed E-state index contributed by atoms with van der Waals surface area (Å²) in [7, 11) is 0. The van der Waals surface area contributed by atoms with Crippen LogP contribution in [0.25, 0.3) is 0 Å². The maximum Gasteiger partial charge on any atom is 0.324 e. The van der Waals surface area contributed by atoms with Crippen LogP contribution in [0.5, 0.6) is 5.75 Å². The SMILES string of the molecule is O=C1OC(=O)[C@H]2[C@@H]1[C@@H]1O[C@@]2(Oc2ccccc2)[C@H](Br)[C@@H]1Br. The van der Waals surface area contributed by atoms with Gasteiger partial charge in [0.1, 0.15) is 17.6 Å². The van der Waals surface area contributed by atoms with E-state index in [0.717, 1.165) is 0 Å². The highest BCUT2D eigenvalue weighted by Crippen LogP contribution is 2.59. The summed E-state index contributed by atoms with van der Waals surface area (Å²) in [5.41, 5.74) is 0. The zero-order valence-corrected chi connectivity index (χ0v) is 13.7. The molecule has 0 unspecified atom stereocenters. The molecule has 0 spiro atoms. The molecular weight excluding hydrogens is 408 g/mol. The van der Waals surface area contributed by atoms with Crippen molar-refractivity contribution in [3.05, 3.63) is 30.3 Å². The molecule has 1 aromatic carbocycles. The average molecular weight is 418 g/mol. The summed E-state index contributed by atoms with van der Waals surface area (Å²) < 4.78 is 16.8. The van der Waals surface area contributed by atoms with Crippen LogP contribution in [0.4, 0.5) is 0 Å². The Morgan fingerprint density at radius 1 is 1.10 bits per heavy atom. The molecule has 0 N–H and O–H groups in total. The lowest BCUT2D eigenvalue weighted by Gasteiger charge is -2.35. The number of rotatable bonds is 2. The summed E-state index contributed by atoms with van der Waals surface area (Å²) in [6.45, 7) is 0. The molecule has 1 aromatic rings. The Morgan fingerprint density at radius 2 is 1.81 bits per heavy atom. The van der Waals surface area contributed by atoms with Crippen LogP contribution in [0.1, 0.15) is 0 Å². The van der Waals surface area contributed by atoms with Gasteiger partial charge in [-0.2, -0.15) is 0 Å². The lowest BCUT2D eigenvalue weighted by Crippen LogP contribution is -2.54. The van der Waals surface area contributed by atoms with E-state index >= 15 is 0 Å². The molecule has 0 amide bonds. The van der Waals surface area contributed by atoms with Gasteiger partial charge in [0.05, 0.1) is 15.8 Å². The van der Waals surface area contributed by atoms with Crippen molar-refractivity contribution >= 4 is 43.8 Å². The molecule has 3 heterocycles. The minimum Gasteiger partial charge on any atom is -0.460 e. The van der Waals surface area contributed by atoms with Gasteiger partial charge in [-0.05, 0) is 12.1 Å². The van der Waals surface area contributed by atoms with E-state index in [0.29, 0.717) is 5.75 Å². The van der Waals surface area contributed by atoms with Crippen molar-refractivity contribution in [1.29, 1.82) is 0 Å². The van der Waals surface area contributed by atoms with Crippen LogP contribution in [0.2, 0.25) is 0 Å². The van der Waals surface area contributed by atoms with Gasteiger partial charge in [0.15, 0.2) is 0 Å². The number of para-hydroxylation sites is 1. The van der Waals surface area contributed by atoms with Crippen LogP contribution < -0.4 is 4.74 Å². The number of halogens is 2. The molecule has 3 aliphatic heterocycles. The van der Waals surface area contributed by atoms with Crippen molar-refractivity contribution in [3.63, 3.8) is 0 Å². The third-order valence-electron chi connectivity index (χ3n) is 4.19. The number of ether oxygens (including phenoxy) is 3. The maximum atomic E-state index is 12.1. The van der Waals surface area contributed by atoms with Crippen molar-refractivity contribution in [1.82, 2.24) is 0 Å². The average Bonchev–Trinajstić information content (AvgIpc) is 3.04. The van der Waals surface area contributed by atoms with E-state index in [1.165, 1.54) is 0 Å². The minimum atomic E-state index is -1.23. The van der Waals surface area contributed by atoms with Crippen molar-refractivity contribution in [2.24, 2.45) is 11.8 Å². The molecule has 5 nitrogen and oxygen atoms in total. The van der Waals surface area contributed by atoms with Gasteiger partial charge in [-0.3, -0.25) is 9.59 Å². The molecule has 6 atom stereocenters. The van der Waals surface area contributed by atoms with Crippen LogP contribution in [-0.4, -0.2) is 33.5 Å². The Morgan fingerprint density at radius 3 is 2.52 bits per heavy atom. The molecule has 3 aliphatic rings. The van der Waals surface area contributed by atoms with E-state index in [1.807, 2.05) is 18.2 Å². The topological polar surface area (TPSA) is 61.8 Å². The molecule has 3 saturated heterocycles. The molecule has 7 heteroatoms. The molecule has 4 rings (SSSR count). The summed E-state index contributed by atoms with van der Waals surface area (Å²) in [5.74, 6) is -3.11. The second-order valence-corrected chi connectivity index (χ2v) is 7.35. The highest BCUT2D eigenvalue weighted by molar-refractivity contribution is 9.12. The number of esters is 2. The maximum absolute atomic E-state index is 12.1. The zero-order chi connectivity index (χ0) is 14.8. The summed E-state index contributed by atoms with van der Waals surface area (Å²) in [6, 6.07) is 9.09. The van der Waals surface area contributed by atoms with Crippen LogP contribution >= 0.6 is 31.9 Å². The number of alkyl halides is 2. The normalized spacial score (nSPS) is 43.8. The van der Waals surface area contributed by atoms with Gasteiger partial charge in [-0.15, -0.1) is 0 Å². The summed E-state index contributed by atoms with van der Waals surface area (Å²) >= 11 is 7.07. The molecule has 110 valence electrons. The first-order chi connectivity index (χ1) is 10.0. The highest BCUT2D eigenvalue weighted by Gasteiger charge is 2.77. The van der Waals surface area contributed by atoms with E-state index in [4.69, 9.17) is 14.2 Å². The van der Waals surface area contributed by atoms with Gasteiger partial charge >= 0.3 is 11.9 Å². The van der Waals surface area contributed by atoms with Gasteiger partial charge in [-0.1, -0.05) is 50.1 Å². The van der Waals surface area contributed by atoms with Gasteiger partial charge in [-0.25, -0.2) is 0 Å². The molecule has 0 radical (unpaired) electrons. The molecule has 21 heavy (non-hydrogen) atoms. The van der Waals surface area contributed by atoms with E-state index < -0.39 is 35.7 Å². The molecule has 0 aliphatic carbocycles. The quantitative estimate of drug-likeness (QED) is 0.418. The van der Waals surface area contributed by atoms with Crippen molar-refractivity contribution in [2.45, 2.75) is 21.5 Å². The van der Waals surface area contributed by atoms with Crippen molar-refractivity contribution in [3.8, 4) is 5.75 Å². The second-order valence-electron chi connectivity index (χ2n) is 5.31. The Kier molecular flexibility index (Phi) is 2.96. The molecule has 0 saturated carbocycles. The minimum absolute atomic E-state index is 0.138. The number of carbonyl (C=O) groups excluding carboxylic acids is 2. The predicted octanol–water partition coefficient (Wildman–Crippen LogP) is 2.02. The molecule has 0 aromatic heterocycles. The summed E-state index contributed by atoms with van der Waals surface area (Å²) in [4.78, 5) is 23.5. The monoisotopic (exact) mass is 416 g/mol. The first-order valence-corrected chi connectivity index (χ1v) is 8.33. The Labute approximate surface area is 137 Å². The summed E-state index contributed by atoms with van der Waals surface area (Å²) in [6.07, 6.45) is -0.443. The Balaban J connectivity index is 1.78. The smallest absolute Gasteiger partial charge is 0.324 e. The summed E-state index contributed by atoms with van der Waals surface area (Å²) in [5, 5.41) is 0. The number of fused-ring (bicyclic) bond motifs is 5. The van der Waals surface area contributed by atoms with Gasteiger partial charge in [0, 0.05) is 0 Å². The zero-order valence-electron chi connectivity index (χ0n) is 10.6. The van der Waals surface area contributed by atoms with E-state index in [-0.39, 0.29) is 9.65 Å². The number of cyclic esters (lactones) is 2.